The van der Waals surface area contributed by atoms with Gasteiger partial charge in [0, 0.05) is 25.0 Å². The first-order valence-electron chi connectivity index (χ1n) is 6.67. The van der Waals surface area contributed by atoms with Crippen LogP contribution in [0.1, 0.15) is 39.5 Å². The zero-order chi connectivity index (χ0) is 11.7. The van der Waals surface area contributed by atoms with Crippen LogP contribution in [0.4, 0.5) is 0 Å². The summed E-state index contributed by atoms with van der Waals surface area (Å²) in [5.41, 5.74) is 5.81. The quantitative estimate of drug-likeness (QED) is 0.792. The summed E-state index contributed by atoms with van der Waals surface area (Å²) < 4.78 is 0. The first kappa shape index (κ1) is 11.9. The van der Waals surface area contributed by atoms with Crippen molar-refractivity contribution >= 4 is 5.91 Å². The van der Waals surface area contributed by atoms with Gasteiger partial charge in [0.2, 0.25) is 5.91 Å². The van der Waals surface area contributed by atoms with E-state index in [2.05, 4.69) is 18.7 Å². The van der Waals surface area contributed by atoms with E-state index >= 15 is 0 Å². The Morgan fingerprint density at radius 3 is 2.62 bits per heavy atom. The molecule has 2 N–H and O–H groups in total. The lowest BCUT2D eigenvalue weighted by atomic mass is 9.88. The largest absolute Gasteiger partial charge is 0.338 e. The molecule has 4 atom stereocenters. The van der Waals surface area contributed by atoms with Gasteiger partial charge < -0.3 is 10.6 Å². The summed E-state index contributed by atoms with van der Waals surface area (Å²) in [7, 11) is 0. The molecule has 1 heterocycles. The van der Waals surface area contributed by atoms with E-state index in [1.54, 1.807) is 0 Å². The Balaban J connectivity index is 1.95. The van der Waals surface area contributed by atoms with Crippen molar-refractivity contribution in [2.75, 3.05) is 13.1 Å². The molecule has 0 spiro atoms. The Morgan fingerprint density at radius 2 is 2.12 bits per heavy atom. The Bertz CT molecular complexity index is 267. The molecule has 0 aromatic carbocycles. The number of hydrogen-bond donors (Lipinski definition) is 1. The second-order valence-electron chi connectivity index (χ2n) is 5.54. The van der Waals surface area contributed by atoms with Crippen LogP contribution >= 0.6 is 0 Å². The van der Waals surface area contributed by atoms with E-state index in [0.29, 0.717) is 30.3 Å². The zero-order valence-electron chi connectivity index (χ0n) is 10.5. The van der Waals surface area contributed by atoms with Crippen molar-refractivity contribution in [3.63, 3.8) is 0 Å². The summed E-state index contributed by atoms with van der Waals surface area (Å²) in [4.78, 5) is 14.3. The van der Waals surface area contributed by atoms with Crippen molar-refractivity contribution in [2.24, 2.45) is 23.5 Å². The SMILES string of the molecule is CCC1CCN(C(=O)C2CC2C)C(CN)C1. The van der Waals surface area contributed by atoms with Crippen LogP contribution < -0.4 is 5.73 Å². The van der Waals surface area contributed by atoms with Gasteiger partial charge >= 0.3 is 0 Å². The average molecular weight is 224 g/mol. The second-order valence-corrected chi connectivity index (χ2v) is 5.54. The highest BCUT2D eigenvalue weighted by atomic mass is 16.2. The van der Waals surface area contributed by atoms with Crippen LogP contribution in [0.25, 0.3) is 0 Å². The van der Waals surface area contributed by atoms with Crippen LogP contribution in [0, 0.1) is 17.8 Å². The predicted molar refractivity (Wildman–Crippen MR) is 64.8 cm³/mol. The summed E-state index contributed by atoms with van der Waals surface area (Å²) in [6, 6.07) is 0.305. The van der Waals surface area contributed by atoms with E-state index in [-0.39, 0.29) is 0 Å². The fraction of sp³-hybridized carbons (Fsp3) is 0.923. The van der Waals surface area contributed by atoms with Gasteiger partial charge in [-0.25, -0.2) is 0 Å². The van der Waals surface area contributed by atoms with Crippen molar-refractivity contribution in [3.8, 4) is 0 Å². The number of nitrogens with two attached hydrogens (primary N) is 1. The van der Waals surface area contributed by atoms with Gasteiger partial charge in [-0.2, -0.15) is 0 Å². The molecule has 0 aromatic heterocycles. The third-order valence-corrected chi connectivity index (χ3v) is 4.38. The lowest BCUT2D eigenvalue weighted by Gasteiger charge is -2.39. The molecule has 0 bridgehead atoms. The second kappa shape index (κ2) is 4.74. The standard InChI is InChI=1S/C13H24N2O/c1-3-10-4-5-15(11(7-10)8-14)13(16)12-6-9(12)2/h9-12H,3-8,14H2,1-2H3. The summed E-state index contributed by atoms with van der Waals surface area (Å²) in [6.07, 6.45) is 4.59. The Morgan fingerprint density at radius 1 is 1.44 bits per heavy atom. The number of piperidine rings is 1. The highest BCUT2D eigenvalue weighted by molar-refractivity contribution is 5.82. The number of hydrogen-bond acceptors (Lipinski definition) is 2. The minimum absolute atomic E-state index is 0.305. The van der Waals surface area contributed by atoms with E-state index in [1.807, 2.05) is 0 Å². The van der Waals surface area contributed by atoms with Crippen LogP contribution in [0.3, 0.4) is 0 Å². The zero-order valence-corrected chi connectivity index (χ0v) is 10.5. The Kier molecular flexibility index (Phi) is 3.53. The maximum absolute atomic E-state index is 12.2. The van der Waals surface area contributed by atoms with Crippen LogP contribution in [-0.4, -0.2) is 29.9 Å². The number of carbonyl (C=O) groups is 1. The lowest BCUT2D eigenvalue weighted by molar-refractivity contribution is -0.137. The fourth-order valence-electron chi connectivity index (χ4n) is 2.90. The predicted octanol–water partition coefficient (Wildman–Crippen LogP) is 1.62. The molecule has 2 fully saturated rings. The number of amides is 1. The van der Waals surface area contributed by atoms with Gasteiger partial charge in [-0.1, -0.05) is 20.3 Å². The summed E-state index contributed by atoms with van der Waals surface area (Å²) >= 11 is 0. The monoisotopic (exact) mass is 224 g/mol. The third kappa shape index (κ3) is 2.24. The lowest BCUT2D eigenvalue weighted by Crippen LogP contribution is -2.50. The third-order valence-electron chi connectivity index (χ3n) is 4.38. The van der Waals surface area contributed by atoms with Gasteiger partial charge in [-0.3, -0.25) is 4.79 Å². The molecular formula is C13H24N2O. The number of likely N-dealkylation sites (tertiary alicyclic amines) is 1. The molecule has 2 rings (SSSR count). The van der Waals surface area contributed by atoms with E-state index in [4.69, 9.17) is 5.73 Å². The van der Waals surface area contributed by atoms with Crippen LogP contribution in [0.2, 0.25) is 0 Å². The van der Waals surface area contributed by atoms with Crippen LogP contribution in [0.5, 0.6) is 0 Å². The average Bonchev–Trinajstić information content (AvgIpc) is 3.04. The first-order valence-corrected chi connectivity index (χ1v) is 6.67. The molecule has 0 radical (unpaired) electrons. The van der Waals surface area contributed by atoms with Gasteiger partial charge in [0.1, 0.15) is 0 Å². The highest BCUT2D eigenvalue weighted by Gasteiger charge is 2.43. The topological polar surface area (TPSA) is 46.3 Å². The van der Waals surface area contributed by atoms with Gasteiger partial charge in [0.05, 0.1) is 0 Å². The molecule has 3 heteroatoms. The van der Waals surface area contributed by atoms with E-state index in [0.717, 1.165) is 25.3 Å². The fourth-order valence-corrected chi connectivity index (χ4v) is 2.90. The Hall–Kier alpha value is -0.570. The minimum Gasteiger partial charge on any atom is -0.338 e. The molecule has 0 aromatic rings. The number of carbonyl (C=O) groups excluding carboxylic acids is 1. The smallest absolute Gasteiger partial charge is 0.226 e. The molecule has 1 aliphatic carbocycles. The molecular weight excluding hydrogens is 200 g/mol. The molecule has 1 aliphatic heterocycles. The van der Waals surface area contributed by atoms with Crippen LogP contribution in [0.15, 0.2) is 0 Å². The summed E-state index contributed by atoms with van der Waals surface area (Å²) in [5.74, 6) is 2.06. The molecule has 4 unspecified atom stereocenters. The Labute approximate surface area is 98.4 Å². The van der Waals surface area contributed by atoms with E-state index < -0.39 is 0 Å². The highest BCUT2D eigenvalue weighted by Crippen LogP contribution is 2.40. The van der Waals surface area contributed by atoms with Gasteiger partial charge in [-0.05, 0) is 31.1 Å². The first-order chi connectivity index (χ1) is 7.67. The molecule has 1 saturated carbocycles. The maximum atomic E-state index is 12.2. The van der Waals surface area contributed by atoms with Crippen molar-refractivity contribution in [1.82, 2.24) is 4.90 Å². The molecule has 16 heavy (non-hydrogen) atoms. The maximum Gasteiger partial charge on any atom is 0.226 e. The van der Waals surface area contributed by atoms with Crippen molar-refractivity contribution in [3.05, 3.63) is 0 Å². The van der Waals surface area contributed by atoms with Gasteiger partial charge in [0.15, 0.2) is 0 Å². The van der Waals surface area contributed by atoms with Crippen molar-refractivity contribution in [1.29, 1.82) is 0 Å². The normalized spacial score (nSPS) is 38.6. The molecule has 92 valence electrons. The molecule has 1 amide bonds. The summed E-state index contributed by atoms with van der Waals surface area (Å²) in [5, 5.41) is 0. The number of rotatable bonds is 3. The number of nitrogens with zero attached hydrogens (tertiary/aromatic N) is 1. The van der Waals surface area contributed by atoms with E-state index in [1.165, 1.54) is 12.8 Å². The van der Waals surface area contributed by atoms with Crippen molar-refractivity contribution < 1.29 is 4.79 Å². The van der Waals surface area contributed by atoms with E-state index in [9.17, 15) is 4.79 Å². The molecule has 3 nitrogen and oxygen atoms in total. The molecule has 1 saturated heterocycles. The van der Waals surface area contributed by atoms with Crippen molar-refractivity contribution in [2.45, 2.75) is 45.6 Å². The van der Waals surface area contributed by atoms with Crippen LogP contribution in [-0.2, 0) is 4.79 Å². The molecule has 2 aliphatic rings. The van der Waals surface area contributed by atoms with Gasteiger partial charge in [0.25, 0.3) is 0 Å². The summed E-state index contributed by atoms with van der Waals surface area (Å²) in [6.45, 7) is 5.96. The van der Waals surface area contributed by atoms with Gasteiger partial charge in [-0.15, -0.1) is 0 Å². The minimum atomic E-state index is 0.305.